The van der Waals surface area contributed by atoms with Crippen LogP contribution in [0.2, 0.25) is 0 Å². The molecule has 0 atom stereocenters. The molecule has 27 heavy (non-hydrogen) atoms. The summed E-state index contributed by atoms with van der Waals surface area (Å²) in [5, 5.41) is 0.563. The summed E-state index contributed by atoms with van der Waals surface area (Å²) < 4.78 is 63.4. The first kappa shape index (κ1) is 19.1. The quantitative estimate of drug-likeness (QED) is 0.626. The minimum atomic E-state index is -5.86. The molecule has 5 nitrogen and oxygen atoms in total. The molecule has 1 aromatic heterocycles. The zero-order valence-corrected chi connectivity index (χ0v) is 15.2. The summed E-state index contributed by atoms with van der Waals surface area (Å²) in [4.78, 5) is 17.5. The summed E-state index contributed by atoms with van der Waals surface area (Å²) in [7, 11) is -5.86. The van der Waals surface area contributed by atoms with Gasteiger partial charge in [-0.1, -0.05) is 36.4 Å². The van der Waals surface area contributed by atoms with Crippen LogP contribution in [0.5, 0.6) is 0 Å². The zero-order valence-electron chi connectivity index (χ0n) is 14.4. The van der Waals surface area contributed by atoms with Crippen molar-refractivity contribution in [3.8, 4) is 0 Å². The van der Waals surface area contributed by atoms with Crippen LogP contribution in [0.3, 0.4) is 0 Å². The fraction of sp³-hybridized carbons (Fsp3) is 0.222. The Morgan fingerprint density at radius 2 is 1.41 bits per heavy atom. The van der Waals surface area contributed by atoms with Gasteiger partial charge in [0.25, 0.3) is 5.91 Å². The number of hydrogen-bond acceptors (Lipinski definition) is 4. The van der Waals surface area contributed by atoms with Gasteiger partial charge in [0.2, 0.25) is 0 Å². The van der Waals surface area contributed by atoms with Gasteiger partial charge in [0.15, 0.2) is 0 Å². The van der Waals surface area contributed by atoms with Crippen molar-refractivity contribution in [2.45, 2.75) is 25.4 Å². The third-order valence-electron chi connectivity index (χ3n) is 4.02. The van der Waals surface area contributed by atoms with Crippen molar-refractivity contribution in [3.05, 3.63) is 54.1 Å². The standard InChI is InChI=1S/C18H15F3N2O3S/c1-11(2)23(27(25,26)18(19,20)21)17(24)16-12-7-3-5-9-14(12)22-15-10-6-4-8-13(15)16/h3-11H,1-2H3. The van der Waals surface area contributed by atoms with Gasteiger partial charge >= 0.3 is 15.5 Å². The summed E-state index contributed by atoms with van der Waals surface area (Å²) in [6, 6.07) is 11.6. The lowest BCUT2D eigenvalue weighted by Crippen LogP contribution is -2.48. The van der Waals surface area contributed by atoms with Crippen LogP contribution in [0.4, 0.5) is 13.2 Å². The van der Waals surface area contributed by atoms with Gasteiger partial charge < -0.3 is 0 Å². The molecule has 1 amide bonds. The molecule has 0 radical (unpaired) electrons. The van der Waals surface area contributed by atoms with E-state index in [2.05, 4.69) is 4.98 Å². The Balaban J connectivity index is 2.36. The van der Waals surface area contributed by atoms with Crippen molar-refractivity contribution in [3.63, 3.8) is 0 Å². The minimum Gasteiger partial charge on any atom is -0.268 e. The number of nitrogens with zero attached hydrogens (tertiary/aromatic N) is 2. The van der Waals surface area contributed by atoms with E-state index in [1.807, 2.05) is 0 Å². The van der Waals surface area contributed by atoms with Gasteiger partial charge in [0.1, 0.15) is 0 Å². The number of alkyl halides is 3. The van der Waals surface area contributed by atoms with Gasteiger partial charge in [-0.2, -0.15) is 21.6 Å². The fourth-order valence-corrected chi connectivity index (χ4v) is 4.00. The lowest BCUT2D eigenvalue weighted by Gasteiger charge is -2.27. The number of fused-ring (bicyclic) bond motifs is 2. The van der Waals surface area contributed by atoms with E-state index in [0.717, 1.165) is 0 Å². The fourth-order valence-electron chi connectivity index (χ4n) is 2.91. The van der Waals surface area contributed by atoms with Crippen LogP contribution in [0.1, 0.15) is 24.2 Å². The number of para-hydroxylation sites is 2. The van der Waals surface area contributed by atoms with E-state index in [9.17, 15) is 26.4 Å². The highest BCUT2D eigenvalue weighted by atomic mass is 32.2. The third kappa shape index (κ3) is 3.12. The summed E-state index contributed by atoms with van der Waals surface area (Å²) in [5.41, 5.74) is -4.95. The van der Waals surface area contributed by atoms with Crippen LogP contribution >= 0.6 is 0 Å². The second-order valence-corrected chi connectivity index (χ2v) is 7.97. The van der Waals surface area contributed by atoms with Crippen molar-refractivity contribution in [2.24, 2.45) is 0 Å². The molecule has 9 heteroatoms. The molecule has 0 saturated heterocycles. The Labute approximate surface area is 153 Å². The zero-order chi connectivity index (χ0) is 20.0. The first-order valence-corrected chi connectivity index (χ1v) is 9.42. The molecule has 3 aromatic rings. The number of benzene rings is 2. The van der Waals surface area contributed by atoms with Crippen LogP contribution in [-0.4, -0.2) is 35.2 Å². The molecular weight excluding hydrogens is 381 g/mol. The van der Waals surface area contributed by atoms with Gasteiger partial charge in [-0.25, -0.2) is 9.29 Å². The molecule has 1 heterocycles. The number of carbonyl (C=O) groups excluding carboxylic acids is 1. The highest BCUT2D eigenvalue weighted by molar-refractivity contribution is 7.90. The van der Waals surface area contributed by atoms with E-state index in [4.69, 9.17) is 0 Å². The minimum absolute atomic E-state index is 0.110. The molecular formula is C18H15F3N2O3S. The Bertz CT molecular complexity index is 1090. The maximum Gasteiger partial charge on any atom is 0.516 e. The lowest BCUT2D eigenvalue weighted by molar-refractivity contribution is -0.0489. The highest BCUT2D eigenvalue weighted by Crippen LogP contribution is 2.33. The van der Waals surface area contributed by atoms with Crippen molar-refractivity contribution in [1.29, 1.82) is 0 Å². The largest absolute Gasteiger partial charge is 0.516 e. The second-order valence-electron chi connectivity index (χ2n) is 6.17. The Kier molecular flexibility index (Phi) is 4.59. The number of carbonyl (C=O) groups is 1. The van der Waals surface area contributed by atoms with E-state index in [0.29, 0.717) is 11.0 Å². The molecule has 0 aliphatic rings. The van der Waals surface area contributed by atoms with Crippen LogP contribution in [0.25, 0.3) is 21.8 Å². The summed E-state index contributed by atoms with van der Waals surface area (Å²) in [5.74, 6) is -1.24. The van der Waals surface area contributed by atoms with Gasteiger partial charge in [-0.05, 0) is 26.0 Å². The average molecular weight is 396 g/mol. The SMILES string of the molecule is CC(C)N(C(=O)c1c2ccccc2nc2ccccc12)S(=O)(=O)C(F)(F)F. The number of amides is 1. The molecule has 0 aliphatic carbocycles. The maximum absolute atomic E-state index is 13.2. The predicted octanol–water partition coefficient (Wildman–Crippen LogP) is 4.09. The highest BCUT2D eigenvalue weighted by Gasteiger charge is 2.53. The molecule has 0 unspecified atom stereocenters. The number of sulfonamides is 1. The number of hydrogen-bond donors (Lipinski definition) is 0. The molecule has 0 aliphatic heterocycles. The smallest absolute Gasteiger partial charge is 0.268 e. The van der Waals surface area contributed by atoms with Crippen LogP contribution in [0.15, 0.2) is 48.5 Å². The van der Waals surface area contributed by atoms with E-state index in [1.165, 1.54) is 26.0 Å². The monoisotopic (exact) mass is 396 g/mol. The maximum atomic E-state index is 13.2. The van der Waals surface area contributed by atoms with Crippen molar-refractivity contribution < 1.29 is 26.4 Å². The topological polar surface area (TPSA) is 67.3 Å². The van der Waals surface area contributed by atoms with E-state index < -0.39 is 27.5 Å². The Morgan fingerprint density at radius 1 is 0.963 bits per heavy atom. The van der Waals surface area contributed by atoms with Gasteiger partial charge in [0.05, 0.1) is 16.6 Å². The van der Waals surface area contributed by atoms with Crippen LogP contribution in [0, 0.1) is 0 Å². The lowest BCUT2D eigenvalue weighted by atomic mass is 10.0. The van der Waals surface area contributed by atoms with Crippen LogP contribution in [-0.2, 0) is 10.0 Å². The molecule has 142 valence electrons. The summed E-state index contributed by atoms with van der Waals surface area (Å²) in [6.07, 6.45) is 0. The van der Waals surface area contributed by atoms with Gasteiger partial charge in [0, 0.05) is 16.8 Å². The Hall–Kier alpha value is -2.68. The average Bonchev–Trinajstić information content (AvgIpc) is 2.57. The Morgan fingerprint density at radius 3 is 1.81 bits per heavy atom. The molecule has 2 aromatic carbocycles. The van der Waals surface area contributed by atoms with E-state index in [-0.39, 0.29) is 20.6 Å². The van der Waals surface area contributed by atoms with Crippen molar-refractivity contribution >= 4 is 37.7 Å². The first-order chi connectivity index (χ1) is 12.6. The number of pyridine rings is 1. The first-order valence-electron chi connectivity index (χ1n) is 7.98. The van der Waals surface area contributed by atoms with Crippen LogP contribution < -0.4 is 0 Å². The number of halogens is 3. The number of aromatic nitrogens is 1. The molecule has 0 saturated carbocycles. The normalized spacial score (nSPS) is 12.7. The van der Waals surface area contributed by atoms with E-state index in [1.54, 1.807) is 36.4 Å². The molecule has 0 spiro atoms. The molecule has 0 bridgehead atoms. The summed E-state index contributed by atoms with van der Waals surface area (Å²) in [6.45, 7) is 2.43. The van der Waals surface area contributed by atoms with Gasteiger partial charge in [-0.3, -0.25) is 4.79 Å². The molecule has 0 N–H and O–H groups in total. The summed E-state index contributed by atoms with van der Waals surface area (Å²) >= 11 is 0. The molecule has 3 rings (SSSR count). The predicted molar refractivity (Wildman–Crippen MR) is 95.5 cm³/mol. The second kappa shape index (κ2) is 6.49. The number of rotatable bonds is 3. The van der Waals surface area contributed by atoms with Gasteiger partial charge in [-0.15, -0.1) is 0 Å². The van der Waals surface area contributed by atoms with Crippen molar-refractivity contribution in [2.75, 3.05) is 0 Å². The van der Waals surface area contributed by atoms with E-state index >= 15 is 0 Å². The molecule has 0 fully saturated rings. The van der Waals surface area contributed by atoms with Crippen molar-refractivity contribution in [1.82, 2.24) is 9.29 Å². The third-order valence-corrected chi connectivity index (χ3v) is 5.71.